The molecule has 2 aliphatic carbocycles. The fourth-order valence-electron chi connectivity index (χ4n) is 5.08. The van der Waals surface area contributed by atoms with Gasteiger partial charge in [0.1, 0.15) is 10.8 Å². The van der Waals surface area contributed by atoms with Crippen molar-refractivity contribution < 1.29 is 26.8 Å². The van der Waals surface area contributed by atoms with Gasteiger partial charge in [-0.1, -0.05) is 11.6 Å². The van der Waals surface area contributed by atoms with Crippen LogP contribution in [0.4, 0.5) is 0 Å². The number of furan rings is 1. The normalized spacial score (nSPS) is 27.7. The fraction of sp³-hybridized carbons (Fsp3) is 0.455. The number of carbonyl (C=O) groups is 1. The summed E-state index contributed by atoms with van der Waals surface area (Å²) < 4.78 is 40.9. The summed E-state index contributed by atoms with van der Waals surface area (Å²) in [4.78, 5) is 17.1. The van der Waals surface area contributed by atoms with Crippen LogP contribution in [-0.4, -0.2) is 43.8 Å². The van der Waals surface area contributed by atoms with E-state index in [9.17, 15) is 13.2 Å². The highest BCUT2D eigenvalue weighted by atomic mass is 35.5. The molecule has 3 aliphatic rings. The molecule has 0 radical (unpaired) electrons. The zero-order valence-corrected chi connectivity index (χ0v) is 18.6. The minimum absolute atomic E-state index is 0.0152. The molecule has 2 aromatic heterocycles. The van der Waals surface area contributed by atoms with Gasteiger partial charge in [0.2, 0.25) is 14.9 Å². The second kappa shape index (κ2) is 7.07. The smallest absolute Gasteiger partial charge is 0.287 e. The van der Waals surface area contributed by atoms with Gasteiger partial charge in [0, 0.05) is 17.0 Å². The van der Waals surface area contributed by atoms with E-state index < -0.39 is 15.1 Å². The van der Waals surface area contributed by atoms with Crippen LogP contribution < -0.4 is 5.32 Å². The van der Waals surface area contributed by atoms with Crippen LogP contribution in [0.15, 0.2) is 44.3 Å². The lowest BCUT2D eigenvalue weighted by Crippen LogP contribution is -2.55. The van der Waals surface area contributed by atoms with E-state index in [0.717, 1.165) is 42.7 Å². The van der Waals surface area contributed by atoms with E-state index in [4.69, 9.17) is 25.2 Å². The van der Waals surface area contributed by atoms with Crippen molar-refractivity contribution in [3.8, 4) is 0 Å². The first kappa shape index (κ1) is 20.3. The van der Waals surface area contributed by atoms with Gasteiger partial charge < -0.3 is 18.9 Å². The Morgan fingerprint density at radius 1 is 1.09 bits per heavy atom. The first-order valence-corrected chi connectivity index (χ1v) is 12.5. The summed E-state index contributed by atoms with van der Waals surface area (Å²) >= 11 is 6.02. The highest BCUT2D eigenvalue weighted by molar-refractivity contribution is 7.92. The highest BCUT2D eigenvalue weighted by Gasteiger charge is 2.54. The van der Waals surface area contributed by atoms with E-state index in [0.29, 0.717) is 5.02 Å². The van der Waals surface area contributed by atoms with Crippen molar-refractivity contribution in [3.63, 3.8) is 0 Å². The summed E-state index contributed by atoms with van der Waals surface area (Å²) in [6.45, 7) is 0.319. The highest BCUT2D eigenvalue weighted by Crippen LogP contribution is 2.61. The average molecular weight is 477 g/mol. The number of halogens is 1. The van der Waals surface area contributed by atoms with Crippen molar-refractivity contribution in [2.75, 3.05) is 13.2 Å². The summed E-state index contributed by atoms with van der Waals surface area (Å²) in [6.07, 6.45) is 3.72. The summed E-state index contributed by atoms with van der Waals surface area (Å²) in [6, 6.07) is 8.24. The third kappa shape index (κ3) is 3.25. The van der Waals surface area contributed by atoms with Crippen LogP contribution in [-0.2, 0) is 14.6 Å². The zero-order chi connectivity index (χ0) is 22.1. The summed E-state index contributed by atoms with van der Waals surface area (Å²) in [5, 5.41) is 2.82. The van der Waals surface area contributed by atoms with Gasteiger partial charge in [0.25, 0.3) is 5.91 Å². The molecule has 1 saturated heterocycles. The van der Waals surface area contributed by atoms with Crippen molar-refractivity contribution in [2.24, 2.45) is 5.41 Å². The topological polar surface area (TPSA) is 112 Å². The Morgan fingerprint density at radius 2 is 1.88 bits per heavy atom. The Labute approximate surface area is 189 Å². The third-order valence-electron chi connectivity index (χ3n) is 6.90. The Hall–Kier alpha value is -2.36. The van der Waals surface area contributed by atoms with Crippen LogP contribution in [0, 0.1) is 5.41 Å². The number of aromatic nitrogens is 1. The van der Waals surface area contributed by atoms with Crippen LogP contribution >= 0.6 is 11.6 Å². The molecule has 1 amide bonds. The molecule has 0 atom stereocenters. The molecule has 168 valence electrons. The number of hydrogen-bond donors (Lipinski definition) is 1. The largest absolute Gasteiger partial charge is 0.440 e. The summed E-state index contributed by atoms with van der Waals surface area (Å²) in [5.74, 6) is 0.664. The molecule has 6 rings (SSSR count). The zero-order valence-electron chi connectivity index (χ0n) is 17.0. The van der Waals surface area contributed by atoms with Gasteiger partial charge in [-0.3, -0.25) is 4.79 Å². The number of fused-ring (bicyclic) bond motifs is 1. The minimum Gasteiger partial charge on any atom is -0.440 e. The molecule has 0 bridgehead atoms. The van der Waals surface area contributed by atoms with Crippen LogP contribution in [0.25, 0.3) is 11.1 Å². The second-order valence-electron chi connectivity index (χ2n) is 9.17. The number of nitrogens with zero attached hydrogens (tertiary/aromatic N) is 1. The van der Waals surface area contributed by atoms with Crippen molar-refractivity contribution in [3.05, 3.63) is 47.0 Å². The molecule has 1 aromatic carbocycles. The van der Waals surface area contributed by atoms with Crippen LogP contribution in [0.2, 0.25) is 5.02 Å². The number of sulfone groups is 1. The molecular formula is C22H21ClN2O6S. The molecule has 0 unspecified atom stereocenters. The van der Waals surface area contributed by atoms with Crippen molar-refractivity contribution in [2.45, 2.75) is 48.0 Å². The van der Waals surface area contributed by atoms with E-state index in [-0.39, 0.29) is 47.3 Å². The SMILES string of the molecule is O=C(NC1CC2(C1)CC(c1nc3cc(Cl)ccc3o1)C2)c1ccc(S(=O)(=O)C2COC2)o1. The van der Waals surface area contributed by atoms with Gasteiger partial charge in [-0.25, -0.2) is 13.4 Å². The quantitative estimate of drug-likeness (QED) is 0.597. The van der Waals surface area contributed by atoms with E-state index in [1.807, 2.05) is 6.07 Å². The minimum atomic E-state index is -3.59. The number of oxazole rings is 1. The summed E-state index contributed by atoms with van der Waals surface area (Å²) in [5.41, 5.74) is 1.73. The molecule has 2 saturated carbocycles. The molecule has 1 spiro atoms. The Morgan fingerprint density at radius 3 is 2.59 bits per heavy atom. The number of hydrogen-bond acceptors (Lipinski definition) is 7. The van der Waals surface area contributed by atoms with Crippen LogP contribution in [0.3, 0.4) is 0 Å². The van der Waals surface area contributed by atoms with Gasteiger partial charge in [-0.05, 0) is 61.4 Å². The van der Waals surface area contributed by atoms with Crippen molar-refractivity contribution >= 4 is 38.4 Å². The lowest BCUT2D eigenvalue weighted by Gasteiger charge is -2.57. The Bertz CT molecular complexity index is 1310. The number of carbonyl (C=O) groups excluding carboxylic acids is 1. The van der Waals surface area contributed by atoms with Gasteiger partial charge >= 0.3 is 0 Å². The van der Waals surface area contributed by atoms with E-state index in [2.05, 4.69) is 10.3 Å². The number of nitrogens with one attached hydrogen (secondary N) is 1. The fourth-order valence-corrected chi connectivity index (χ4v) is 6.59. The van der Waals surface area contributed by atoms with Crippen LogP contribution in [0.5, 0.6) is 0 Å². The standard InChI is InChI=1S/C22H21ClN2O6S/c23-13-1-2-17-16(5-13)25-21(31-17)12-6-22(7-12)8-14(9-22)24-20(26)18-3-4-19(30-18)32(27,28)15-10-29-11-15/h1-5,12,14-15H,6-11H2,(H,24,26). The van der Waals surface area contributed by atoms with E-state index >= 15 is 0 Å². The first-order valence-electron chi connectivity index (χ1n) is 10.6. The maximum atomic E-state index is 12.5. The molecule has 3 aromatic rings. The lowest BCUT2D eigenvalue weighted by molar-refractivity contribution is -0.0256. The average Bonchev–Trinajstić information content (AvgIpc) is 3.27. The summed E-state index contributed by atoms with van der Waals surface area (Å²) in [7, 11) is -3.59. The number of ether oxygens (including phenoxy) is 1. The maximum absolute atomic E-state index is 12.5. The number of amides is 1. The molecule has 3 fully saturated rings. The predicted octanol–water partition coefficient (Wildman–Crippen LogP) is 3.70. The van der Waals surface area contributed by atoms with Gasteiger partial charge in [0.05, 0.1) is 13.2 Å². The van der Waals surface area contributed by atoms with Gasteiger partial charge in [-0.2, -0.15) is 0 Å². The Kier molecular flexibility index (Phi) is 4.48. The predicted molar refractivity (Wildman–Crippen MR) is 114 cm³/mol. The molecule has 3 heterocycles. The Balaban J connectivity index is 1.04. The molecule has 1 N–H and O–H groups in total. The number of rotatable bonds is 5. The molecule has 32 heavy (non-hydrogen) atoms. The van der Waals surface area contributed by atoms with Gasteiger partial charge in [0.15, 0.2) is 17.2 Å². The van der Waals surface area contributed by atoms with Crippen LogP contribution in [0.1, 0.15) is 48.0 Å². The maximum Gasteiger partial charge on any atom is 0.287 e. The van der Waals surface area contributed by atoms with Gasteiger partial charge in [-0.15, -0.1) is 0 Å². The molecule has 10 heteroatoms. The second-order valence-corrected chi connectivity index (χ2v) is 11.8. The van der Waals surface area contributed by atoms with E-state index in [1.165, 1.54) is 12.1 Å². The third-order valence-corrected chi connectivity index (χ3v) is 9.07. The lowest BCUT2D eigenvalue weighted by atomic mass is 9.50. The molecule has 1 aliphatic heterocycles. The van der Waals surface area contributed by atoms with Crippen molar-refractivity contribution in [1.29, 1.82) is 0 Å². The van der Waals surface area contributed by atoms with Crippen molar-refractivity contribution in [1.82, 2.24) is 10.3 Å². The monoisotopic (exact) mass is 476 g/mol. The first-order chi connectivity index (χ1) is 15.3. The number of benzene rings is 1. The molecule has 8 nitrogen and oxygen atoms in total. The van der Waals surface area contributed by atoms with E-state index in [1.54, 1.807) is 12.1 Å². The molecular weight excluding hydrogens is 456 g/mol.